The number of carbonyl (C=O) groups excluding carboxylic acids is 2. The van der Waals surface area contributed by atoms with E-state index in [1.807, 2.05) is 0 Å². The predicted octanol–water partition coefficient (Wildman–Crippen LogP) is 0.197. The summed E-state index contributed by atoms with van der Waals surface area (Å²) >= 11 is 0. The first-order chi connectivity index (χ1) is 8.63. The molecule has 106 valence electrons. The van der Waals surface area contributed by atoms with Crippen LogP contribution in [0, 0.1) is 5.41 Å². The number of nitrogens with one attached hydrogen (secondary N) is 1. The lowest BCUT2D eigenvalue weighted by molar-refractivity contribution is -0.146. The van der Waals surface area contributed by atoms with Gasteiger partial charge in [0.1, 0.15) is 11.6 Å². The smallest absolute Gasteiger partial charge is 0.410 e. The number of hydrogen-bond acceptors (Lipinski definition) is 4. The molecule has 2 heterocycles. The number of hydrogen-bond donors (Lipinski definition) is 2. The van der Waals surface area contributed by atoms with Gasteiger partial charge >= 0.3 is 12.1 Å². The maximum absolute atomic E-state index is 11.8. The summed E-state index contributed by atoms with van der Waals surface area (Å²) in [5.41, 5.74) is -1.27. The van der Waals surface area contributed by atoms with Crippen LogP contribution in [0.5, 0.6) is 0 Å². The van der Waals surface area contributed by atoms with Crippen molar-refractivity contribution in [1.82, 2.24) is 10.2 Å². The van der Waals surface area contributed by atoms with Crippen LogP contribution < -0.4 is 5.32 Å². The first-order valence-corrected chi connectivity index (χ1v) is 6.13. The van der Waals surface area contributed by atoms with E-state index in [-0.39, 0.29) is 25.4 Å². The Bertz CT molecular complexity index is 434. The number of amides is 2. The molecule has 1 atom stereocenters. The lowest BCUT2D eigenvalue weighted by atomic mass is 9.73. The SMILES string of the molecule is CC(C)(C)OC(=O)N1CC2(CC(=O)N[C@@H]2C(=O)O)C1. The number of rotatable bonds is 1. The quantitative estimate of drug-likeness (QED) is 0.709. The van der Waals surface area contributed by atoms with Gasteiger partial charge in [-0.2, -0.15) is 0 Å². The molecule has 0 aromatic heterocycles. The van der Waals surface area contributed by atoms with Gasteiger partial charge in [0.25, 0.3) is 0 Å². The second-order valence-corrected chi connectivity index (χ2v) is 6.21. The highest BCUT2D eigenvalue weighted by molar-refractivity contribution is 5.90. The zero-order chi connectivity index (χ0) is 14.4. The zero-order valence-electron chi connectivity index (χ0n) is 11.2. The lowest BCUT2D eigenvalue weighted by Gasteiger charge is -2.48. The largest absolute Gasteiger partial charge is 0.480 e. The fraction of sp³-hybridized carbons (Fsp3) is 0.750. The summed E-state index contributed by atoms with van der Waals surface area (Å²) in [6, 6.07) is -0.918. The van der Waals surface area contributed by atoms with Gasteiger partial charge in [-0.05, 0) is 20.8 Å². The molecule has 0 aromatic carbocycles. The average molecular weight is 270 g/mol. The van der Waals surface area contributed by atoms with Gasteiger partial charge in [0.15, 0.2) is 0 Å². The standard InChI is InChI=1S/C12H18N2O5/c1-11(2,3)19-10(18)14-5-12(6-14)4-7(15)13-8(12)9(16)17/h8H,4-6H2,1-3H3,(H,13,15)(H,16,17)/t8-/m1/s1. The third-order valence-electron chi connectivity index (χ3n) is 3.34. The summed E-state index contributed by atoms with van der Waals surface area (Å²) in [6.45, 7) is 5.76. The summed E-state index contributed by atoms with van der Waals surface area (Å²) in [4.78, 5) is 35.7. The van der Waals surface area contributed by atoms with Gasteiger partial charge in [-0.25, -0.2) is 9.59 Å². The van der Waals surface area contributed by atoms with Gasteiger partial charge < -0.3 is 20.1 Å². The molecule has 1 spiro atoms. The average Bonchev–Trinajstić information content (AvgIpc) is 2.50. The minimum atomic E-state index is -1.06. The second kappa shape index (κ2) is 4.11. The summed E-state index contributed by atoms with van der Waals surface area (Å²) in [6.07, 6.45) is -0.329. The predicted molar refractivity (Wildman–Crippen MR) is 64.4 cm³/mol. The molecule has 0 radical (unpaired) electrons. The van der Waals surface area contributed by atoms with Crippen molar-refractivity contribution in [2.24, 2.45) is 5.41 Å². The van der Waals surface area contributed by atoms with Crippen molar-refractivity contribution in [1.29, 1.82) is 0 Å². The van der Waals surface area contributed by atoms with E-state index in [1.165, 1.54) is 4.90 Å². The Kier molecular flexibility index (Phi) is 2.95. The molecule has 2 aliphatic heterocycles. The van der Waals surface area contributed by atoms with Crippen molar-refractivity contribution >= 4 is 18.0 Å². The minimum absolute atomic E-state index is 0.142. The van der Waals surface area contributed by atoms with Gasteiger partial charge in [0.05, 0.1) is 0 Å². The molecular formula is C12H18N2O5. The molecule has 2 amide bonds. The molecule has 2 saturated heterocycles. The maximum Gasteiger partial charge on any atom is 0.410 e. The fourth-order valence-corrected chi connectivity index (χ4v) is 2.57. The fourth-order valence-electron chi connectivity index (χ4n) is 2.57. The van der Waals surface area contributed by atoms with Crippen molar-refractivity contribution < 1.29 is 24.2 Å². The molecule has 2 aliphatic rings. The highest BCUT2D eigenvalue weighted by atomic mass is 16.6. The van der Waals surface area contributed by atoms with Crippen LogP contribution in [0.4, 0.5) is 4.79 Å². The maximum atomic E-state index is 11.8. The van der Waals surface area contributed by atoms with Gasteiger partial charge in [0.2, 0.25) is 5.91 Å². The van der Waals surface area contributed by atoms with E-state index in [1.54, 1.807) is 20.8 Å². The molecular weight excluding hydrogens is 252 g/mol. The van der Waals surface area contributed by atoms with E-state index >= 15 is 0 Å². The van der Waals surface area contributed by atoms with Gasteiger partial charge in [-0.15, -0.1) is 0 Å². The molecule has 7 heteroatoms. The van der Waals surface area contributed by atoms with E-state index in [0.717, 1.165) is 0 Å². The van der Waals surface area contributed by atoms with Crippen molar-refractivity contribution in [2.45, 2.75) is 38.8 Å². The molecule has 2 fully saturated rings. The molecule has 0 aliphatic carbocycles. The van der Waals surface area contributed by atoms with Crippen molar-refractivity contribution in [2.75, 3.05) is 13.1 Å². The molecule has 7 nitrogen and oxygen atoms in total. The number of ether oxygens (including phenoxy) is 1. The number of carboxylic acids is 1. The summed E-state index contributed by atoms with van der Waals surface area (Å²) < 4.78 is 5.20. The Morgan fingerprint density at radius 3 is 2.47 bits per heavy atom. The summed E-state index contributed by atoms with van der Waals surface area (Å²) in [5, 5.41) is 11.5. The van der Waals surface area contributed by atoms with Crippen LogP contribution >= 0.6 is 0 Å². The van der Waals surface area contributed by atoms with Gasteiger partial charge in [-0.1, -0.05) is 0 Å². The van der Waals surface area contributed by atoms with Crippen LogP contribution in [0.25, 0.3) is 0 Å². The molecule has 0 saturated carbocycles. The Morgan fingerprint density at radius 2 is 2.00 bits per heavy atom. The third kappa shape index (κ3) is 2.50. The first-order valence-electron chi connectivity index (χ1n) is 6.13. The normalized spacial score (nSPS) is 24.9. The number of likely N-dealkylation sites (tertiary alicyclic amines) is 1. The van der Waals surface area contributed by atoms with Crippen molar-refractivity contribution in [3.8, 4) is 0 Å². The second-order valence-electron chi connectivity index (χ2n) is 6.21. The molecule has 0 aromatic rings. The van der Waals surface area contributed by atoms with Crippen LogP contribution in [-0.4, -0.2) is 52.7 Å². The molecule has 0 bridgehead atoms. The highest BCUT2D eigenvalue weighted by Gasteiger charge is 2.59. The Labute approximate surface area is 110 Å². The number of carbonyl (C=O) groups is 3. The Morgan fingerprint density at radius 1 is 1.42 bits per heavy atom. The van der Waals surface area contributed by atoms with Gasteiger partial charge in [0, 0.05) is 24.9 Å². The number of aliphatic carboxylic acids is 1. The van der Waals surface area contributed by atoms with Crippen molar-refractivity contribution in [3.63, 3.8) is 0 Å². The van der Waals surface area contributed by atoms with E-state index < -0.39 is 29.1 Å². The monoisotopic (exact) mass is 270 g/mol. The van der Waals surface area contributed by atoms with E-state index in [2.05, 4.69) is 5.32 Å². The van der Waals surface area contributed by atoms with Crippen LogP contribution in [0.1, 0.15) is 27.2 Å². The van der Waals surface area contributed by atoms with Gasteiger partial charge in [-0.3, -0.25) is 4.79 Å². The van der Waals surface area contributed by atoms with Crippen LogP contribution in [0.15, 0.2) is 0 Å². The lowest BCUT2D eigenvalue weighted by Crippen LogP contribution is -2.65. The zero-order valence-corrected chi connectivity index (χ0v) is 11.2. The first kappa shape index (κ1) is 13.6. The van der Waals surface area contributed by atoms with Crippen molar-refractivity contribution in [3.05, 3.63) is 0 Å². The Balaban J connectivity index is 1.99. The van der Waals surface area contributed by atoms with Crippen LogP contribution in [-0.2, 0) is 14.3 Å². The van der Waals surface area contributed by atoms with E-state index in [0.29, 0.717) is 0 Å². The van der Waals surface area contributed by atoms with E-state index in [9.17, 15) is 14.4 Å². The Hall–Kier alpha value is -1.79. The minimum Gasteiger partial charge on any atom is -0.480 e. The highest BCUT2D eigenvalue weighted by Crippen LogP contribution is 2.41. The van der Waals surface area contributed by atoms with E-state index in [4.69, 9.17) is 9.84 Å². The molecule has 0 unspecified atom stereocenters. The molecule has 19 heavy (non-hydrogen) atoms. The number of carboxylic acid groups (broad SMARTS) is 1. The summed E-state index contributed by atoms with van der Waals surface area (Å²) in [7, 11) is 0. The molecule has 2 N–H and O–H groups in total. The number of nitrogens with zero attached hydrogens (tertiary/aromatic N) is 1. The summed E-state index contributed by atoms with van der Waals surface area (Å²) in [5.74, 6) is -1.34. The third-order valence-corrected chi connectivity index (χ3v) is 3.34. The van der Waals surface area contributed by atoms with Crippen LogP contribution in [0.3, 0.4) is 0 Å². The van der Waals surface area contributed by atoms with Crippen LogP contribution in [0.2, 0.25) is 0 Å². The topological polar surface area (TPSA) is 95.9 Å². The molecule has 2 rings (SSSR count).